The predicted octanol–water partition coefficient (Wildman–Crippen LogP) is 2.55. The second kappa shape index (κ2) is 8.52. The van der Waals surface area contributed by atoms with Gasteiger partial charge in [0.15, 0.2) is 0 Å². The lowest BCUT2D eigenvalue weighted by Gasteiger charge is -2.08. The molecule has 4 aromatic heterocycles. The molecule has 0 saturated carbocycles. The molecule has 0 spiro atoms. The van der Waals surface area contributed by atoms with Crippen LogP contribution in [0, 0.1) is 0 Å². The summed E-state index contributed by atoms with van der Waals surface area (Å²) in [5.41, 5.74) is 1.79. The fourth-order valence-electron chi connectivity index (χ4n) is 3.37. The molecule has 0 aromatic carbocycles. The van der Waals surface area contributed by atoms with Gasteiger partial charge in [-0.1, -0.05) is 13.0 Å². The molecule has 0 saturated heterocycles. The number of fused-ring (bicyclic) bond motifs is 3. The Bertz CT molecular complexity index is 1190. The van der Waals surface area contributed by atoms with Gasteiger partial charge in [0.2, 0.25) is 11.7 Å². The zero-order chi connectivity index (χ0) is 20.2. The number of nitrogens with zero attached hydrogens (tertiary/aromatic N) is 5. The van der Waals surface area contributed by atoms with Crippen molar-refractivity contribution in [2.45, 2.75) is 45.7 Å². The van der Waals surface area contributed by atoms with E-state index >= 15 is 0 Å². The highest BCUT2D eigenvalue weighted by molar-refractivity contribution is 7.17. The molecule has 0 bridgehead atoms. The first-order valence-corrected chi connectivity index (χ1v) is 10.6. The van der Waals surface area contributed by atoms with Crippen molar-refractivity contribution in [3.05, 3.63) is 57.7 Å². The molecule has 4 aromatic rings. The molecule has 8 nitrogen and oxygen atoms in total. The monoisotopic (exact) mass is 410 g/mol. The van der Waals surface area contributed by atoms with E-state index in [-0.39, 0.29) is 11.5 Å². The van der Waals surface area contributed by atoms with E-state index in [1.807, 2.05) is 34.9 Å². The van der Waals surface area contributed by atoms with Crippen LogP contribution in [0.4, 0.5) is 0 Å². The number of pyridine rings is 1. The van der Waals surface area contributed by atoms with Crippen LogP contribution < -0.4 is 10.9 Å². The Morgan fingerprint density at radius 3 is 2.97 bits per heavy atom. The normalized spacial score (nSPS) is 11.3. The summed E-state index contributed by atoms with van der Waals surface area (Å²) >= 11 is 1.44. The maximum atomic E-state index is 12.7. The highest BCUT2D eigenvalue weighted by Crippen LogP contribution is 2.20. The number of nitrogens with one attached hydrogen (secondary N) is 1. The molecule has 0 aliphatic rings. The number of rotatable bonds is 8. The van der Waals surface area contributed by atoms with Crippen LogP contribution in [0.3, 0.4) is 0 Å². The first-order chi connectivity index (χ1) is 14.2. The second-order valence-corrected chi connectivity index (χ2v) is 7.75. The largest absolute Gasteiger partial charge is 0.352 e. The minimum Gasteiger partial charge on any atom is -0.352 e. The number of thiophene rings is 1. The minimum absolute atomic E-state index is 0.00811. The number of hydrogen-bond acceptors (Lipinski definition) is 6. The van der Waals surface area contributed by atoms with Crippen LogP contribution in [-0.2, 0) is 24.3 Å². The van der Waals surface area contributed by atoms with Crippen molar-refractivity contribution in [1.29, 1.82) is 0 Å². The van der Waals surface area contributed by atoms with Gasteiger partial charge in [0.1, 0.15) is 10.5 Å². The average Bonchev–Trinajstić information content (AvgIpc) is 3.37. The van der Waals surface area contributed by atoms with Crippen LogP contribution in [0.2, 0.25) is 0 Å². The van der Waals surface area contributed by atoms with Crippen molar-refractivity contribution < 1.29 is 4.79 Å². The third kappa shape index (κ3) is 3.91. The van der Waals surface area contributed by atoms with Crippen molar-refractivity contribution in [2.75, 3.05) is 0 Å². The van der Waals surface area contributed by atoms with Gasteiger partial charge in [-0.05, 0) is 35.9 Å². The Morgan fingerprint density at radius 2 is 2.17 bits per heavy atom. The molecule has 9 heteroatoms. The second-order valence-electron chi connectivity index (χ2n) is 6.83. The van der Waals surface area contributed by atoms with Crippen molar-refractivity contribution in [3.8, 4) is 0 Å². The Balaban J connectivity index is 1.47. The van der Waals surface area contributed by atoms with Crippen LogP contribution in [0.15, 0.2) is 40.8 Å². The summed E-state index contributed by atoms with van der Waals surface area (Å²) < 4.78 is 4.35. The van der Waals surface area contributed by atoms with Gasteiger partial charge in [-0.25, -0.2) is 0 Å². The van der Waals surface area contributed by atoms with Gasteiger partial charge in [-0.2, -0.15) is 0 Å². The van der Waals surface area contributed by atoms with E-state index < -0.39 is 0 Å². The van der Waals surface area contributed by atoms with Gasteiger partial charge in [-0.15, -0.1) is 21.5 Å². The van der Waals surface area contributed by atoms with E-state index in [2.05, 4.69) is 20.5 Å². The van der Waals surface area contributed by atoms with Crippen LogP contribution in [0.25, 0.3) is 16.0 Å². The third-order valence-corrected chi connectivity index (χ3v) is 5.63. The van der Waals surface area contributed by atoms with Crippen molar-refractivity contribution in [1.82, 2.24) is 29.5 Å². The first kappa shape index (κ1) is 19.3. The van der Waals surface area contributed by atoms with Crippen molar-refractivity contribution in [3.63, 3.8) is 0 Å². The molecule has 1 amide bonds. The summed E-state index contributed by atoms with van der Waals surface area (Å²) in [6.45, 7) is 3.10. The number of aromatic nitrogens is 5. The number of aryl methyl sites for hydroxylation is 2. The molecule has 0 fully saturated rings. The zero-order valence-electron chi connectivity index (χ0n) is 16.2. The highest BCUT2D eigenvalue weighted by Gasteiger charge is 2.17. The molecule has 150 valence electrons. The van der Waals surface area contributed by atoms with Crippen LogP contribution >= 0.6 is 11.3 Å². The van der Waals surface area contributed by atoms with Gasteiger partial charge in [0, 0.05) is 38.3 Å². The first-order valence-electron chi connectivity index (χ1n) is 9.68. The summed E-state index contributed by atoms with van der Waals surface area (Å²) in [4.78, 5) is 28.9. The topological polar surface area (TPSA) is 94.2 Å². The van der Waals surface area contributed by atoms with Gasteiger partial charge in [0.05, 0.1) is 5.52 Å². The van der Waals surface area contributed by atoms with Gasteiger partial charge < -0.3 is 5.32 Å². The minimum atomic E-state index is -0.0157. The Labute approximate surface area is 171 Å². The summed E-state index contributed by atoms with van der Waals surface area (Å²) in [6.07, 6.45) is 5.94. The Morgan fingerprint density at radius 1 is 1.28 bits per heavy atom. The Kier molecular flexibility index (Phi) is 5.66. The van der Waals surface area contributed by atoms with Gasteiger partial charge >= 0.3 is 0 Å². The standard InChI is InChI=1S/C20H22N6O2S/c1-2-10-25-19(28)18-15(8-11-29-18)26-16(23-24-20(25)26)6-3-7-17(27)22-13-14-5-4-9-21-12-14/h4-5,8-9,11-12H,2-3,6-7,10,13H2,1H3,(H,22,27). The highest BCUT2D eigenvalue weighted by atomic mass is 32.1. The predicted molar refractivity (Wildman–Crippen MR) is 112 cm³/mol. The quantitative estimate of drug-likeness (QED) is 0.482. The zero-order valence-corrected chi connectivity index (χ0v) is 17.0. The lowest BCUT2D eigenvalue weighted by molar-refractivity contribution is -0.121. The number of amides is 1. The molecule has 0 aliphatic heterocycles. The van der Waals surface area contributed by atoms with E-state index in [9.17, 15) is 9.59 Å². The molecule has 4 rings (SSSR count). The van der Waals surface area contributed by atoms with Crippen LogP contribution in [0.1, 0.15) is 37.6 Å². The van der Waals surface area contributed by atoms with Crippen LogP contribution in [0.5, 0.6) is 0 Å². The summed E-state index contributed by atoms with van der Waals surface area (Å²) in [5, 5.41) is 13.4. The lowest BCUT2D eigenvalue weighted by atomic mass is 10.2. The third-order valence-electron chi connectivity index (χ3n) is 4.74. The fourth-order valence-corrected chi connectivity index (χ4v) is 4.19. The maximum Gasteiger partial charge on any atom is 0.272 e. The number of carbonyl (C=O) groups excluding carboxylic acids is 1. The van der Waals surface area contributed by atoms with E-state index in [1.54, 1.807) is 17.0 Å². The van der Waals surface area contributed by atoms with E-state index in [0.717, 1.165) is 23.3 Å². The molecule has 0 radical (unpaired) electrons. The molecule has 29 heavy (non-hydrogen) atoms. The maximum absolute atomic E-state index is 12.7. The van der Waals surface area contributed by atoms with Crippen molar-refractivity contribution in [2.24, 2.45) is 0 Å². The summed E-state index contributed by atoms with van der Waals surface area (Å²) in [7, 11) is 0. The summed E-state index contributed by atoms with van der Waals surface area (Å²) in [5.74, 6) is 1.33. The van der Waals surface area contributed by atoms with Gasteiger partial charge in [-0.3, -0.25) is 23.5 Å². The summed E-state index contributed by atoms with van der Waals surface area (Å²) in [6, 6.07) is 5.71. The van der Waals surface area contributed by atoms with Crippen molar-refractivity contribution >= 4 is 33.2 Å². The van der Waals surface area contributed by atoms with E-state index in [1.165, 1.54) is 11.3 Å². The molecular weight excluding hydrogens is 388 g/mol. The molecule has 0 aliphatic carbocycles. The number of hydrogen-bond donors (Lipinski definition) is 1. The molecule has 1 N–H and O–H groups in total. The van der Waals surface area contributed by atoms with Gasteiger partial charge in [0.25, 0.3) is 5.56 Å². The molecule has 4 heterocycles. The molecule has 0 atom stereocenters. The van der Waals surface area contributed by atoms with E-state index in [4.69, 9.17) is 0 Å². The van der Waals surface area contributed by atoms with E-state index in [0.29, 0.717) is 42.8 Å². The Hall–Kier alpha value is -3.07. The lowest BCUT2D eigenvalue weighted by Crippen LogP contribution is -2.23. The average molecular weight is 411 g/mol. The number of carbonyl (C=O) groups is 1. The van der Waals surface area contributed by atoms with Crippen LogP contribution in [-0.4, -0.2) is 30.1 Å². The molecular formula is C20H22N6O2S. The SMILES string of the molecule is CCCn1c(=O)c2sccc2n2c(CCCC(=O)NCc3cccnc3)nnc12. The fraction of sp³-hybridized carbons (Fsp3) is 0.350. The smallest absolute Gasteiger partial charge is 0.272 e. The molecule has 0 unspecified atom stereocenters.